The van der Waals surface area contributed by atoms with Crippen LogP contribution in [0.15, 0.2) is 18.2 Å². The Morgan fingerprint density at radius 2 is 1.12 bits per heavy atom. The maximum Gasteiger partial charge on any atom is 0.311 e. The van der Waals surface area contributed by atoms with E-state index in [0.29, 0.717) is 25.2 Å². The van der Waals surface area contributed by atoms with E-state index in [4.69, 9.17) is 14.2 Å². The average Bonchev–Trinajstić information content (AvgIpc) is 2.78. The minimum atomic E-state index is -0.307. The Labute approximate surface area is 195 Å². The molecule has 0 N–H and O–H groups in total. The van der Waals surface area contributed by atoms with E-state index in [1.54, 1.807) is 18.2 Å². The monoisotopic (exact) mass is 448 g/mol. The average molecular weight is 449 g/mol. The van der Waals surface area contributed by atoms with Crippen molar-refractivity contribution in [1.82, 2.24) is 0 Å². The molecule has 5 heteroatoms. The zero-order valence-electron chi connectivity index (χ0n) is 20.6. The summed E-state index contributed by atoms with van der Waals surface area (Å²) in [5, 5.41) is 0. The molecule has 0 aliphatic heterocycles. The first-order valence-electron chi connectivity index (χ1n) is 12.8. The number of carbonyl (C=O) groups excluding carboxylic acids is 2. The highest BCUT2D eigenvalue weighted by molar-refractivity contribution is 5.76. The minimum absolute atomic E-state index is 0.260. The van der Waals surface area contributed by atoms with Crippen LogP contribution in [0.2, 0.25) is 0 Å². The molecule has 1 aromatic rings. The Balaban J connectivity index is 2.69. The number of carbonyl (C=O) groups is 2. The summed E-state index contributed by atoms with van der Waals surface area (Å²) in [6, 6.07) is 5.09. The highest BCUT2D eigenvalue weighted by Crippen LogP contribution is 2.33. The molecule has 0 fully saturated rings. The molecule has 0 atom stereocenters. The second kappa shape index (κ2) is 18.5. The van der Waals surface area contributed by atoms with Gasteiger partial charge in [0, 0.05) is 18.9 Å². The van der Waals surface area contributed by atoms with E-state index in [0.717, 1.165) is 64.2 Å². The van der Waals surface area contributed by atoms with Gasteiger partial charge in [0.1, 0.15) is 5.75 Å². The third kappa shape index (κ3) is 13.4. The summed E-state index contributed by atoms with van der Waals surface area (Å²) in [7, 11) is 0. The summed E-state index contributed by atoms with van der Waals surface area (Å²) in [6.07, 6.45) is 14.6. The summed E-state index contributed by atoms with van der Waals surface area (Å²) in [4.78, 5) is 24.6. The molecule has 1 aromatic carbocycles. The fourth-order valence-electron chi connectivity index (χ4n) is 3.38. The van der Waals surface area contributed by atoms with Gasteiger partial charge in [0.2, 0.25) is 0 Å². The number of hydrogen-bond donors (Lipinski definition) is 0. The Morgan fingerprint density at radius 1 is 0.625 bits per heavy atom. The van der Waals surface area contributed by atoms with Gasteiger partial charge in [-0.05, 0) is 31.4 Å². The first-order chi connectivity index (χ1) is 15.6. The number of rotatable bonds is 19. The van der Waals surface area contributed by atoms with E-state index >= 15 is 0 Å². The zero-order chi connectivity index (χ0) is 23.4. The van der Waals surface area contributed by atoms with Crippen LogP contribution >= 0.6 is 0 Å². The summed E-state index contributed by atoms with van der Waals surface area (Å²) in [6.45, 7) is 7.08. The molecule has 1 rings (SSSR count). The number of hydrogen-bond acceptors (Lipinski definition) is 5. The van der Waals surface area contributed by atoms with Gasteiger partial charge < -0.3 is 14.2 Å². The van der Waals surface area contributed by atoms with Crippen LogP contribution in [0.1, 0.15) is 117 Å². The summed E-state index contributed by atoms with van der Waals surface area (Å²) in [5.41, 5.74) is 0. The Kier molecular flexibility index (Phi) is 16.2. The van der Waals surface area contributed by atoms with Crippen LogP contribution in [-0.2, 0) is 9.59 Å². The summed E-state index contributed by atoms with van der Waals surface area (Å²) < 4.78 is 16.9. The molecule has 0 radical (unpaired) electrons. The lowest BCUT2D eigenvalue weighted by Gasteiger charge is -2.13. The highest BCUT2D eigenvalue weighted by Gasteiger charge is 2.15. The molecule has 0 saturated heterocycles. The van der Waals surface area contributed by atoms with E-state index in [1.807, 2.05) is 0 Å². The van der Waals surface area contributed by atoms with Crippen molar-refractivity contribution in [2.24, 2.45) is 0 Å². The Bertz CT molecular complexity index is 641. The molecule has 32 heavy (non-hydrogen) atoms. The molecule has 0 aliphatic rings. The van der Waals surface area contributed by atoms with Gasteiger partial charge in [0.05, 0.1) is 6.61 Å². The van der Waals surface area contributed by atoms with Crippen LogP contribution < -0.4 is 14.2 Å². The molecule has 182 valence electrons. The number of unbranched alkanes of at least 4 members (excludes halogenated alkanes) is 10. The SMILES string of the molecule is CCCCCCCOc1ccc(OC(=O)CCCCCC)c(OC(=O)CCCCCC)c1. The van der Waals surface area contributed by atoms with Crippen molar-refractivity contribution in [1.29, 1.82) is 0 Å². The van der Waals surface area contributed by atoms with E-state index in [-0.39, 0.29) is 23.4 Å². The third-order valence-electron chi connectivity index (χ3n) is 5.35. The van der Waals surface area contributed by atoms with Gasteiger partial charge in [-0.15, -0.1) is 0 Å². The second-order valence-corrected chi connectivity index (χ2v) is 8.44. The molecule has 0 saturated carbocycles. The molecule has 0 bridgehead atoms. The van der Waals surface area contributed by atoms with Crippen molar-refractivity contribution in [3.05, 3.63) is 18.2 Å². The second-order valence-electron chi connectivity index (χ2n) is 8.44. The molecule has 0 unspecified atom stereocenters. The van der Waals surface area contributed by atoms with E-state index in [9.17, 15) is 9.59 Å². The first kappa shape index (κ1) is 28.0. The lowest BCUT2D eigenvalue weighted by atomic mass is 10.1. The summed E-state index contributed by atoms with van der Waals surface area (Å²) in [5.74, 6) is 0.555. The van der Waals surface area contributed by atoms with Gasteiger partial charge in [0.15, 0.2) is 11.5 Å². The van der Waals surface area contributed by atoms with Crippen molar-refractivity contribution < 1.29 is 23.8 Å². The van der Waals surface area contributed by atoms with Crippen molar-refractivity contribution in [3.8, 4) is 17.2 Å². The van der Waals surface area contributed by atoms with Gasteiger partial charge in [-0.2, -0.15) is 0 Å². The van der Waals surface area contributed by atoms with Crippen LogP contribution in [0, 0.1) is 0 Å². The lowest BCUT2D eigenvalue weighted by Crippen LogP contribution is -2.12. The number of ether oxygens (including phenoxy) is 3. The molecule has 0 heterocycles. The van der Waals surface area contributed by atoms with E-state index in [2.05, 4.69) is 20.8 Å². The van der Waals surface area contributed by atoms with Crippen LogP contribution in [0.25, 0.3) is 0 Å². The largest absolute Gasteiger partial charge is 0.493 e. The lowest BCUT2D eigenvalue weighted by molar-refractivity contribution is -0.137. The van der Waals surface area contributed by atoms with Crippen molar-refractivity contribution in [2.45, 2.75) is 117 Å². The van der Waals surface area contributed by atoms with Crippen LogP contribution in [0.3, 0.4) is 0 Å². The van der Waals surface area contributed by atoms with Gasteiger partial charge in [0.25, 0.3) is 0 Å². The van der Waals surface area contributed by atoms with E-state index in [1.165, 1.54) is 19.3 Å². The summed E-state index contributed by atoms with van der Waals surface area (Å²) >= 11 is 0. The Hall–Kier alpha value is -2.04. The highest BCUT2D eigenvalue weighted by atomic mass is 16.6. The van der Waals surface area contributed by atoms with Crippen LogP contribution in [0.5, 0.6) is 17.2 Å². The molecule has 0 aromatic heterocycles. The van der Waals surface area contributed by atoms with Crippen molar-refractivity contribution in [2.75, 3.05) is 6.61 Å². The van der Waals surface area contributed by atoms with Gasteiger partial charge in [-0.3, -0.25) is 9.59 Å². The smallest absolute Gasteiger partial charge is 0.311 e. The minimum Gasteiger partial charge on any atom is -0.493 e. The Morgan fingerprint density at radius 3 is 1.69 bits per heavy atom. The maximum atomic E-state index is 12.3. The van der Waals surface area contributed by atoms with Gasteiger partial charge in [-0.25, -0.2) is 0 Å². The van der Waals surface area contributed by atoms with Crippen LogP contribution in [0.4, 0.5) is 0 Å². The van der Waals surface area contributed by atoms with Crippen LogP contribution in [-0.4, -0.2) is 18.5 Å². The molecular formula is C27H44O5. The standard InChI is InChI=1S/C27H44O5/c1-4-7-10-13-16-21-30-23-19-20-24(31-26(28)17-14-11-8-5-2)25(22-23)32-27(29)18-15-12-9-6-3/h19-20,22H,4-18,21H2,1-3H3. The number of esters is 2. The predicted molar refractivity (Wildman–Crippen MR) is 129 cm³/mol. The maximum absolute atomic E-state index is 12.3. The fraction of sp³-hybridized carbons (Fsp3) is 0.704. The number of benzene rings is 1. The molecule has 5 nitrogen and oxygen atoms in total. The van der Waals surface area contributed by atoms with E-state index < -0.39 is 0 Å². The van der Waals surface area contributed by atoms with Crippen molar-refractivity contribution >= 4 is 11.9 Å². The van der Waals surface area contributed by atoms with Crippen molar-refractivity contribution in [3.63, 3.8) is 0 Å². The van der Waals surface area contributed by atoms with Gasteiger partial charge >= 0.3 is 11.9 Å². The molecule has 0 spiro atoms. The molecular weight excluding hydrogens is 404 g/mol. The molecule has 0 amide bonds. The first-order valence-corrected chi connectivity index (χ1v) is 12.8. The third-order valence-corrected chi connectivity index (χ3v) is 5.35. The topological polar surface area (TPSA) is 61.8 Å². The molecule has 0 aliphatic carbocycles. The quantitative estimate of drug-likeness (QED) is 0.123. The fourth-order valence-corrected chi connectivity index (χ4v) is 3.38. The normalized spacial score (nSPS) is 10.7. The predicted octanol–water partition coefficient (Wildman–Crippen LogP) is 7.79. The van der Waals surface area contributed by atoms with Gasteiger partial charge in [-0.1, -0.05) is 85.0 Å². The zero-order valence-corrected chi connectivity index (χ0v) is 20.6.